The van der Waals surface area contributed by atoms with E-state index in [1.54, 1.807) is 0 Å². The molecule has 0 aliphatic rings. The zero-order chi connectivity index (χ0) is 19.3. The maximum Gasteiger partial charge on any atom is 0.411 e. The Labute approximate surface area is 145 Å². The third-order valence-corrected chi connectivity index (χ3v) is 3.22. The smallest absolute Gasteiger partial charge is 0.411 e. The van der Waals surface area contributed by atoms with Crippen LogP contribution in [0.25, 0.3) is 0 Å². The number of nitrogens with zero attached hydrogens (tertiary/aromatic N) is 1. The molecule has 0 saturated carbocycles. The third-order valence-electron chi connectivity index (χ3n) is 3.22. The largest absolute Gasteiger partial charge is 0.465 e. The molecular weight excluding hydrogens is 354 g/mol. The highest BCUT2D eigenvalue weighted by molar-refractivity contribution is 5.99. The first kappa shape index (κ1) is 18.8. The van der Waals surface area contributed by atoms with E-state index in [9.17, 15) is 28.5 Å². The summed E-state index contributed by atoms with van der Waals surface area (Å²) >= 11 is 0. The number of hydrogen-bond acceptors (Lipinski definition) is 6. The van der Waals surface area contributed by atoms with Crippen LogP contribution < -0.4 is 5.32 Å². The molecule has 2 rings (SSSR count). The number of carbonyl (C=O) groups excluding carboxylic acids is 2. The molecule has 0 unspecified atom stereocenters. The van der Waals surface area contributed by atoms with E-state index in [1.807, 2.05) is 0 Å². The predicted molar refractivity (Wildman–Crippen MR) is 84.6 cm³/mol. The summed E-state index contributed by atoms with van der Waals surface area (Å²) in [6.45, 7) is -0.235. The highest BCUT2D eigenvalue weighted by atomic mass is 19.2. The minimum Gasteiger partial charge on any atom is -0.465 e. The van der Waals surface area contributed by atoms with Crippen molar-refractivity contribution in [2.75, 3.05) is 12.4 Å². The summed E-state index contributed by atoms with van der Waals surface area (Å²) in [6, 6.07) is 6.47. The van der Waals surface area contributed by atoms with Gasteiger partial charge in [-0.3, -0.25) is 15.4 Å². The summed E-state index contributed by atoms with van der Waals surface area (Å²) in [7, 11) is 1.04. The molecule has 8 nitrogen and oxygen atoms in total. The fourth-order valence-electron chi connectivity index (χ4n) is 1.94. The summed E-state index contributed by atoms with van der Waals surface area (Å²) < 4.78 is 36.0. The number of amides is 1. The van der Waals surface area contributed by atoms with Crippen molar-refractivity contribution in [3.8, 4) is 0 Å². The second kappa shape index (κ2) is 8.01. The molecule has 0 saturated heterocycles. The van der Waals surface area contributed by atoms with Gasteiger partial charge in [0, 0.05) is 18.2 Å². The van der Waals surface area contributed by atoms with E-state index >= 15 is 0 Å². The summed E-state index contributed by atoms with van der Waals surface area (Å²) in [5.41, 5.74) is -0.380. The maximum absolute atomic E-state index is 13.4. The van der Waals surface area contributed by atoms with Crippen LogP contribution in [0.4, 0.5) is 25.0 Å². The molecule has 0 atom stereocenters. The molecule has 0 spiro atoms. The zero-order valence-electron chi connectivity index (χ0n) is 13.3. The van der Waals surface area contributed by atoms with Crippen LogP contribution in [-0.2, 0) is 16.1 Å². The molecule has 0 heterocycles. The maximum atomic E-state index is 13.4. The number of nitro groups is 1. The van der Waals surface area contributed by atoms with E-state index in [0.29, 0.717) is 17.7 Å². The Morgan fingerprint density at radius 1 is 1.15 bits per heavy atom. The minimum absolute atomic E-state index is 0.122. The Bertz CT molecular complexity index is 855. The zero-order valence-corrected chi connectivity index (χ0v) is 13.3. The molecule has 10 heteroatoms. The van der Waals surface area contributed by atoms with Gasteiger partial charge in [0.25, 0.3) is 5.69 Å². The second-order valence-corrected chi connectivity index (χ2v) is 4.93. The lowest BCUT2D eigenvalue weighted by Gasteiger charge is -2.11. The molecule has 0 aromatic heterocycles. The number of non-ortho nitro benzene ring substituents is 1. The molecule has 26 heavy (non-hydrogen) atoms. The second-order valence-electron chi connectivity index (χ2n) is 4.93. The number of ether oxygens (including phenoxy) is 2. The topological polar surface area (TPSA) is 108 Å². The SMILES string of the molecule is COC(=O)c1cc(F)c(F)cc1NC(=O)OCc1ccc([N+](=O)[O-])cc1. The van der Waals surface area contributed by atoms with Crippen molar-refractivity contribution in [3.05, 3.63) is 69.3 Å². The first-order valence-corrected chi connectivity index (χ1v) is 7.06. The molecule has 0 aliphatic carbocycles. The summed E-state index contributed by atoms with van der Waals surface area (Å²) in [6.07, 6.45) is -1.04. The molecule has 136 valence electrons. The summed E-state index contributed by atoms with van der Waals surface area (Å²) in [5, 5.41) is 12.7. The van der Waals surface area contributed by atoms with Crippen molar-refractivity contribution in [3.63, 3.8) is 0 Å². The predicted octanol–water partition coefficient (Wildman–Crippen LogP) is 3.41. The number of benzene rings is 2. The van der Waals surface area contributed by atoms with Gasteiger partial charge in [0.15, 0.2) is 11.6 Å². The van der Waals surface area contributed by atoms with Gasteiger partial charge in [-0.25, -0.2) is 18.4 Å². The highest BCUT2D eigenvalue weighted by Gasteiger charge is 2.19. The molecular formula is C16H12F2N2O6. The van der Waals surface area contributed by atoms with Crippen LogP contribution in [0.5, 0.6) is 0 Å². The van der Waals surface area contributed by atoms with Crippen LogP contribution in [0.1, 0.15) is 15.9 Å². The first-order valence-electron chi connectivity index (χ1n) is 7.06. The van der Waals surface area contributed by atoms with Crippen LogP contribution in [0.2, 0.25) is 0 Å². The molecule has 0 radical (unpaired) electrons. The average Bonchev–Trinajstić information content (AvgIpc) is 2.62. The van der Waals surface area contributed by atoms with E-state index < -0.39 is 34.2 Å². The summed E-state index contributed by atoms with van der Waals surface area (Å²) in [5.74, 6) is -3.53. The number of rotatable bonds is 5. The number of nitrogens with one attached hydrogen (secondary N) is 1. The Hall–Kier alpha value is -3.56. The van der Waals surface area contributed by atoms with Crippen molar-refractivity contribution in [2.45, 2.75) is 6.61 Å². The summed E-state index contributed by atoms with van der Waals surface area (Å²) in [4.78, 5) is 33.4. The van der Waals surface area contributed by atoms with Gasteiger partial charge >= 0.3 is 12.1 Å². The van der Waals surface area contributed by atoms with Crippen LogP contribution in [0, 0.1) is 21.7 Å². The Kier molecular flexibility index (Phi) is 5.78. The van der Waals surface area contributed by atoms with Gasteiger partial charge in [0.05, 0.1) is 23.3 Å². The van der Waals surface area contributed by atoms with Crippen molar-refractivity contribution in [1.29, 1.82) is 0 Å². The lowest BCUT2D eigenvalue weighted by Crippen LogP contribution is -2.17. The van der Waals surface area contributed by atoms with Gasteiger partial charge in [-0.15, -0.1) is 0 Å². The Morgan fingerprint density at radius 3 is 2.35 bits per heavy atom. The van der Waals surface area contributed by atoms with Crippen molar-refractivity contribution in [1.82, 2.24) is 0 Å². The normalized spacial score (nSPS) is 10.1. The lowest BCUT2D eigenvalue weighted by molar-refractivity contribution is -0.384. The highest BCUT2D eigenvalue weighted by Crippen LogP contribution is 2.21. The van der Waals surface area contributed by atoms with Gasteiger partial charge in [-0.05, 0) is 23.8 Å². The molecule has 0 aliphatic heterocycles. The number of carbonyl (C=O) groups is 2. The fourth-order valence-corrected chi connectivity index (χ4v) is 1.94. The van der Waals surface area contributed by atoms with Crippen LogP contribution in [-0.4, -0.2) is 24.1 Å². The Balaban J connectivity index is 2.06. The number of esters is 1. The lowest BCUT2D eigenvalue weighted by atomic mass is 10.1. The minimum atomic E-state index is -1.28. The number of anilines is 1. The monoisotopic (exact) mass is 366 g/mol. The number of halogens is 2. The van der Waals surface area contributed by atoms with Crippen LogP contribution in [0.15, 0.2) is 36.4 Å². The molecule has 0 bridgehead atoms. The van der Waals surface area contributed by atoms with Gasteiger partial charge in [0.2, 0.25) is 0 Å². The van der Waals surface area contributed by atoms with E-state index in [1.165, 1.54) is 24.3 Å². The van der Waals surface area contributed by atoms with Gasteiger partial charge in [-0.2, -0.15) is 0 Å². The van der Waals surface area contributed by atoms with Crippen molar-refractivity contribution >= 4 is 23.4 Å². The third kappa shape index (κ3) is 4.50. The molecule has 1 N–H and O–H groups in total. The molecule has 1 amide bonds. The molecule has 2 aromatic rings. The standard InChI is InChI=1S/C16H12F2N2O6/c1-25-15(21)11-6-12(17)13(18)7-14(11)19-16(22)26-8-9-2-4-10(5-3-9)20(23)24/h2-7H,8H2,1H3,(H,19,22). The van der Waals surface area contributed by atoms with E-state index in [4.69, 9.17) is 4.74 Å². The Morgan fingerprint density at radius 2 is 1.77 bits per heavy atom. The van der Waals surface area contributed by atoms with E-state index in [-0.39, 0.29) is 18.0 Å². The molecule has 0 fully saturated rings. The van der Waals surface area contributed by atoms with E-state index in [2.05, 4.69) is 10.1 Å². The number of methoxy groups -OCH3 is 1. The van der Waals surface area contributed by atoms with E-state index in [0.717, 1.165) is 7.11 Å². The van der Waals surface area contributed by atoms with Gasteiger partial charge in [-0.1, -0.05) is 0 Å². The quantitative estimate of drug-likeness (QED) is 0.494. The van der Waals surface area contributed by atoms with Crippen molar-refractivity contribution < 1.29 is 32.8 Å². The van der Waals surface area contributed by atoms with Crippen LogP contribution >= 0.6 is 0 Å². The van der Waals surface area contributed by atoms with Gasteiger partial charge < -0.3 is 9.47 Å². The van der Waals surface area contributed by atoms with Gasteiger partial charge in [0.1, 0.15) is 6.61 Å². The molecule has 2 aromatic carbocycles. The fraction of sp³-hybridized carbons (Fsp3) is 0.125. The average molecular weight is 366 g/mol. The first-order chi connectivity index (χ1) is 12.3. The van der Waals surface area contributed by atoms with Crippen molar-refractivity contribution in [2.24, 2.45) is 0 Å². The van der Waals surface area contributed by atoms with Crippen LogP contribution in [0.3, 0.4) is 0 Å². The number of nitro benzene ring substituents is 1. The number of hydrogen-bond donors (Lipinski definition) is 1.